The molecule has 0 heterocycles. The molecule has 0 spiro atoms. The van der Waals surface area contributed by atoms with E-state index in [2.05, 4.69) is 62.2 Å². The summed E-state index contributed by atoms with van der Waals surface area (Å²) in [4.78, 5) is 0. The summed E-state index contributed by atoms with van der Waals surface area (Å²) in [7, 11) is 0. The molecule has 3 aromatic carbocycles. The number of benzene rings is 3. The van der Waals surface area contributed by atoms with Gasteiger partial charge < -0.3 is 4.74 Å². The summed E-state index contributed by atoms with van der Waals surface area (Å²) in [6, 6.07) is 20.4. The number of alkyl halides is 1. The highest BCUT2D eigenvalue weighted by molar-refractivity contribution is 9.10. The first kappa shape index (κ1) is 13.7. The first-order valence-electron chi connectivity index (χ1n) is 6.27. The van der Waals surface area contributed by atoms with Gasteiger partial charge in [-0.15, -0.1) is 0 Å². The number of ether oxygens (including phenoxy) is 1. The maximum atomic E-state index is 6.00. The molecule has 0 radical (unpaired) electrons. The van der Waals surface area contributed by atoms with Gasteiger partial charge in [-0.2, -0.15) is 0 Å². The maximum Gasteiger partial charge on any atom is 0.131 e. The Hall–Kier alpha value is -1.32. The van der Waals surface area contributed by atoms with Crippen LogP contribution in [0.2, 0.25) is 0 Å². The van der Waals surface area contributed by atoms with Crippen molar-refractivity contribution in [3.8, 4) is 11.5 Å². The highest BCUT2D eigenvalue weighted by atomic mass is 79.9. The predicted octanol–water partition coefficient (Wildman–Crippen LogP) is 6.29. The van der Waals surface area contributed by atoms with Crippen molar-refractivity contribution in [3.05, 3.63) is 70.7 Å². The van der Waals surface area contributed by atoms with Gasteiger partial charge in [0.05, 0.1) is 0 Å². The van der Waals surface area contributed by atoms with E-state index in [1.807, 2.05) is 30.3 Å². The molecule has 0 amide bonds. The van der Waals surface area contributed by atoms with Crippen LogP contribution in [-0.2, 0) is 5.33 Å². The van der Waals surface area contributed by atoms with E-state index in [0.717, 1.165) is 26.9 Å². The Balaban J connectivity index is 1.96. The van der Waals surface area contributed by atoms with Crippen LogP contribution in [-0.4, -0.2) is 0 Å². The van der Waals surface area contributed by atoms with Crippen molar-refractivity contribution in [2.45, 2.75) is 5.33 Å². The average molecular weight is 392 g/mol. The summed E-state index contributed by atoms with van der Waals surface area (Å²) in [6.07, 6.45) is 0. The normalized spacial score (nSPS) is 10.7. The second-order valence-corrected chi connectivity index (χ2v) is 5.97. The smallest absolute Gasteiger partial charge is 0.131 e. The molecule has 0 aliphatic heterocycles. The largest absolute Gasteiger partial charge is 0.457 e. The number of fused-ring (bicyclic) bond motifs is 1. The van der Waals surface area contributed by atoms with Crippen molar-refractivity contribution in [1.82, 2.24) is 0 Å². The number of para-hydroxylation sites is 1. The molecule has 0 saturated carbocycles. The fourth-order valence-corrected chi connectivity index (χ4v) is 2.94. The van der Waals surface area contributed by atoms with Gasteiger partial charge in [-0.25, -0.2) is 0 Å². The van der Waals surface area contributed by atoms with Gasteiger partial charge in [0.1, 0.15) is 11.5 Å². The third kappa shape index (κ3) is 2.89. The van der Waals surface area contributed by atoms with E-state index >= 15 is 0 Å². The molecule has 3 heteroatoms. The molecule has 3 rings (SSSR count). The number of rotatable bonds is 3. The molecule has 0 fully saturated rings. The Bertz CT molecular complexity index is 753. The molecule has 0 unspecified atom stereocenters. The highest BCUT2D eigenvalue weighted by Gasteiger charge is 2.04. The third-order valence-electron chi connectivity index (χ3n) is 3.12. The fourth-order valence-electron chi connectivity index (χ4n) is 2.10. The van der Waals surface area contributed by atoms with Gasteiger partial charge in [0, 0.05) is 15.4 Å². The van der Waals surface area contributed by atoms with E-state index in [1.54, 1.807) is 0 Å². The highest BCUT2D eigenvalue weighted by Crippen LogP contribution is 2.30. The van der Waals surface area contributed by atoms with E-state index in [-0.39, 0.29) is 0 Å². The monoisotopic (exact) mass is 390 g/mol. The van der Waals surface area contributed by atoms with Crippen LogP contribution < -0.4 is 4.74 Å². The van der Waals surface area contributed by atoms with Crippen molar-refractivity contribution < 1.29 is 4.74 Å². The molecular weight excluding hydrogens is 380 g/mol. The van der Waals surface area contributed by atoms with Crippen molar-refractivity contribution >= 4 is 42.6 Å². The Kier molecular flexibility index (Phi) is 4.08. The summed E-state index contributed by atoms with van der Waals surface area (Å²) in [6.45, 7) is 0. The molecule has 0 N–H and O–H groups in total. The molecule has 1 nitrogen and oxygen atoms in total. The first-order chi connectivity index (χ1) is 9.76. The van der Waals surface area contributed by atoms with Crippen LogP contribution in [0, 0.1) is 0 Å². The lowest BCUT2D eigenvalue weighted by Gasteiger charge is -2.10. The molecule has 0 aliphatic carbocycles. The zero-order chi connectivity index (χ0) is 13.9. The van der Waals surface area contributed by atoms with Gasteiger partial charge in [0.15, 0.2) is 0 Å². The quantitative estimate of drug-likeness (QED) is 0.476. The van der Waals surface area contributed by atoms with E-state index in [4.69, 9.17) is 4.74 Å². The molecule has 20 heavy (non-hydrogen) atoms. The van der Waals surface area contributed by atoms with E-state index in [9.17, 15) is 0 Å². The lowest BCUT2D eigenvalue weighted by Crippen LogP contribution is -1.89. The average Bonchev–Trinajstić information content (AvgIpc) is 2.48. The number of halogens is 2. The Morgan fingerprint density at radius 1 is 0.850 bits per heavy atom. The minimum atomic E-state index is 0.781. The van der Waals surface area contributed by atoms with Crippen LogP contribution >= 0.6 is 31.9 Å². The van der Waals surface area contributed by atoms with Crippen LogP contribution in [0.15, 0.2) is 65.1 Å². The zero-order valence-corrected chi connectivity index (χ0v) is 13.8. The van der Waals surface area contributed by atoms with Crippen LogP contribution in [0.1, 0.15) is 5.56 Å². The predicted molar refractivity (Wildman–Crippen MR) is 90.8 cm³/mol. The molecule has 0 saturated heterocycles. The summed E-state index contributed by atoms with van der Waals surface area (Å²) >= 11 is 6.97. The molecule has 0 aromatic heterocycles. The van der Waals surface area contributed by atoms with Crippen molar-refractivity contribution in [3.63, 3.8) is 0 Å². The van der Waals surface area contributed by atoms with Gasteiger partial charge in [0.2, 0.25) is 0 Å². The van der Waals surface area contributed by atoms with Crippen LogP contribution in [0.5, 0.6) is 11.5 Å². The fraction of sp³-hybridized carbons (Fsp3) is 0.0588. The van der Waals surface area contributed by atoms with Gasteiger partial charge in [-0.05, 0) is 41.1 Å². The van der Waals surface area contributed by atoms with Gasteiger partial charge in [0.25, 0.3) is 0 Å². The molecule has 0 aliphatic rings. The minimum Gasteiger partial charge on any atom is -0.457 e. The Morgan fingerprint density at radius 3 is 2.45 bits per heavy atom. The maximum absolute atomic E-state index is 6.00. The molecule has 3 aromatic rings. The second-order valence-electron chi connectivity index (χ2n) is 4.50. The zero-order valence-electron chi connectivity index (χ0n) is 10.6. The number of hydrogen-bond donors (Lipinski definition) is 0. The topological polar surface area (TPSA) is 9.23 Å². The summed E-state index contributed by atoms with van der Waals surface area (Å²) in [5, 5.41) is 3.14. The van der Waals surface area contributed by atoms with E-state index in [0.29, 0.717) is 0 Å². The van der Waals surface area contributed by atoms with Gasteiger partial charge >= 0.3 is 0 Å². The Labute approximate surface area is 134 Å². The SMILES string of the molecule is BrCc1ccccc1Oc1ccc2cc(Br)ccc2c1. The summed E-state index contributed by atoms with van der Waals surface area (Å²) in [5.41, 5.74) is 1.14. The van der Waals surface area contributed by atoms with Crippen LogP contribution in [0.3, 0.4) is 0 Å². The molecule has 0 bridgehead atoms. The summed E-state index contributed by atoms with van der Waals surface area (Å²) in [5.74, 6) is 1.74. The minimum absolute atomic E-state index is 0.781. The van der Waals surface area contributed by atoms with Gasteiger partial charge in [-0.1, -0.05) is 62.2 Å². The lowest BCUT2D eigenvalue weighted by molar-refractivity contribution is 0.479. The van der Waals surface area contributed by atoms with Crippen LogP contribution in [0.4, 0.5) is 0 Å². The molecular formula is C17H12Br2O. The van der Waals surface area contributed by atoms with E-state index < -0.39 is 0 Å². The molecule has 100 valence electrons. The lowest BCUT2D eigenvalue weighted by atomic mass is 10.1. The van der Waals surface area contributed by atoms with Crippen LogP contribution in [0.25, 0.3) is 10.8 Å². The first-order valence-corrected chi connectivity index (χ1v) is 8.19. The summed E-state index contributed by atoms with van der Waals surface area (Å²) < 4.78 is 7.08. The Morgan fingerprint density at radius 2 is 1.60 bits per heavy atom. The standard InChI is InChI=1S/C17H12Br2O/c18-11-14-3-1-2-4-17(14)20-16-8-6-12-9-15(19)7-5-13(12)10-16/h1-10H,11H2. The third-order valence-corrected chi connectivity index (χ3v) is 4.22. The van der Waals surface area contributed by atoms with Crippen molar-refractivity contribution in [1.29, 1.82) is 0 Å². The van der Waals surface area contributed by atoms with Crippen molar-refractivity contribution in [2.75, 3.05) is 0 Å². The second kappa shape index (κ2) is 5.98. The van der Waals surface area contributed by atoms with Gasteiger partial charge in [-0.3, -0.25) is 0 Å². The molecule has 0 atom stereocenters. The van der Waals surface area contributed by atoms with Crippen molar-refractivity contribution in [2.24, 2.45) is 0 Å². The number of hydrogen-bond acceptors (Lipinski definition) is 1. The van der Waals surface area contributed by atoms with E-state index in [1.165, 1.54) is 10.8 Å².